The van der Waals surface area contributed by atoms with Gasteiger partial charge in [0.25, 0.3) is 4.02 Å². The molecule has 0 rings (SSSR count). The van der Waals surface area contributed by atoms with Crippen LogP contribution >= 0.6 is 28.6 Å². The highest BCUT2D eigenvalue weighted by molar-refractivity contribution is 9.21. The van der Waals surface area contributed by atoms with Gasteiger partial charge in [0.2, 0.25) is 0 Å². The van der Waals surface area contributed by atoms with Gasteiger partial charge in [0, 0.05) is 15.9 Å². The third-order valence-corrected chi connectivity index (χ3v) is 0. The molecule has 0 aliphatic rings. The molecule has 0 aromatic carbocycles. The van der Waals surface area contributed by atoms with Gasteiger partial charge >= 0.3 is 0 Å². The summed E-state index contributed by atoms with van der Waals surface area (Å²) < 4.78 is -0.437. The summed E-state index contributed by atoms with van der Waals surface area (Å²) in [6.07, 6.45) is 0. The predicted octanol–water partition coefficient (Wildman–Crippen LogP) is 1.70. The Labute approximate surface area is 37.9 Å². The zero-order valence-corrected chi connectivity index (χ0v) is 4.10. The molecule has 0 aliphatic heterocycles. The number of hydrogen-bond donors (Lipinski definition) is 0. The van der Waals surface area contributed by atoms with Crippen molar-refractivity contribution in [3.8, 4) is 0 Å². The average molecular weight is 140 g/mol. The van der Waals surface area contributed by atoms with Crippen molar-refractivity contribution < 1.29 is 4.79 Å². The van der Waals surface area contributed by atoms with Crippen molar-refractivity contribution >= 4 is 32.6 Å². The molecule has 0 bridgehead atoms. The van der Waals surface area contributed by atoms with Gasteiger partial charge in [0.1, 0.15) is 0 Å². The van der Waals surface area contributed by atoms with Crippen LogP contribution in [0.1, 0.15) is 0 Å². The normalized spacial score (nSPS) is 6.25. The van der Waals surface area contributed by atoms with Gasteiger partial charge < -0.3 is 0 Å². The largest absolute Gasteiger partial charge is 0.284 e. The first kappa shape index (κ1) is 4.37. The summed E-state index contributed by atoms with van der Waals surface area (Å²) in [6, 6.07) is 0. The van der Waals surface area contributed by atoms with E-state index < -0.39 is 4.02 Å². The van der Waals surface area contributed by atoms with Crippen LogP contribution in [-0.2, 0) is 0 Å². The lowest BCUT2D eigenvalue weighted by atomic mass is 11.8. The lowest BCUT2D eigenvalue weighted by molar-refractivity contribution is 0.277. The highest BCUT2D eigenvalue weighted by Crippen LogP contribution is 1.87. The fourth-order valence-electron chi connectivity index (χ4n) is 0. The van der Waals surface area contributed by atoms with E-state index in [9.17, 15) is 4.79 Å². The van der Waals surface area contributed by atoms with Gasteiger partial charge in [-0.3, -0.25) is 4.79 Å². The van der Waals surface area contributed by atoms with E-state index in [1.165, 1.54) is 0 Å². The van der Waals surface area contributed by atoms with Crippen molar-refractivity contribution in [2.24, 2.45) is 0 Å². The van der Waals surface area contributed by atoms with Crippen molar-refractivity contribution in [1.29, 1.82) is 0 Å². The molecule has 0 aromatic heterocycles. The van der Waals surface area contributed by atoms with Crippen LogP contribution in [-0.4, -0.2) is 4.02 Å². The Kier molecular flexibility index (Phi) is 1.82. The van der Waals surface area contributed by atoms with Crippen molar-refractivity contribution in [3.63, 3.8) is 0 Å². The predicted molar refractivity (Wildman–Crippen MR) is 21.9 cm³/mol. The van der Waals surface area contributed by atoms with Crippen LogP contribution in [0.2, 0.25) is 0 Å². The maximum absolute atomic E-state index is 9.18. The van der Waals surface area contributed by atoms with Crippen molar-refractivity contribution in [1.82, 2.24) is 0 Å². The lowest BCUT2D eigenvalue weighted by Crippen LogP contribution is -1.45. The number of carbonyl (C=O) groups is 1. The average Bonchev–Trinajstić information content (AvgIpc) is 0.811. The molecule has 0 aromatic rings. The molecule has 0 N–H and O–H groups in total. The van der Waals surface area contributed by atoms with Gasteiger partial charge in [-0.2, -0.15) is 0 Å². The van der Waals surface area contributed by atoms with E-state index in [2.05, 4.69) is 28.6 Å². The minimum atomic E-state index is -0.437. The second kappa shape index (κ2) is 1.67. The molecule has 0 fully saturated rings. The van der Waals surface area contributed by atoms with E-state index in [4.69, 9.17) is 0 Å². The lowest BCUT2D eigenvalue weighted by Gasteiger charge is -1.48. The third kappa shape index (κ3) is 32.5. The SMILES string of the molecule is O=C([S])Br. The van der Waals surface area contributed by atoms with Crippen LogP contribution in [0.15, 0.2) is 0 Å². The molecular weight excluding hydrogens is 140 g/mol. The molecule has 0 amide bonds. The third-order valence-electron chi connectivity index (χ3n) is 0. The molecule has 23 valence electrons. The van der Waals surface area contributed by atoms with Gasteiger partial charge in [0.15, 0.2) is 0 Å². The van der Waals surface area contributed by atoms with Crippen molar-refractivity contribution in [2.75, 3.05) is 0 Å². The maximum Gasteiger partial charge on any atom is 0.284 e. The Balaban J connectivity index is 2.80. The molecule has 0 heterocycles. The first-order chi connectivity index (χ1) is 1.73. The Hall–Kier alpha value is 0.370. The molecule has 0 aliphatic carbocycles. The second-order valence-corrected chi connectivity index (χ2v) is 1.85. The van der Waals surface area contributed by atoms with E-state index in [1.54, 1.807) is 0 Å². The van der Waals surface area contributed by atoms with Crippen LogP contribution in [0, 0.1) is 0 Å². The summed E-state index contributed by atoms with van der Waals surface area (Å²) in [5, 5.41) is 0. The van der Waals surface area contributed by atoms with Crippen molar-refractivity contribution in [2.45, 2.75) is 0 Å². The summed E-state index contributed by atoms with van der Waals surface area (Å²) in [5.74, 6) is 0. The van der Waals surface area contributed by atoms with Gasteiger partial charge in [0.05, 0.1) is 0 Å². The quantitative estimate of drug-likeness (QED) is 0.468. The van der Waals surface area contributed by atoms with Gasteiger partial charge in [-0.05, 0) is 12.6 Å². The summed E-state index contributed by atoms with van der Waals surface area (Å²) >= 11 is 6.34. The van der Waals surface area contributed by atoms with Crippen LogP contribution in [0.5, 0.6) is 0 Å². The summed E-state index contributed by atoms with van der Waals surface area (Å²) in [5.41, 5.74) is 0. The minimum absolute atomic E-state index is 0.437. The van der Waals surface area contributed by atoms with E-state index in [0.717, 1.165) is 0 Å². The molecule has 0 unspecified atom stereocenters. The van der Waals surface area contributed by atoms with Crippen molar-refractivity contribution in [3.05, 3.63) is 0 Å². The van der Waals surface area contributed by atoms with E-state index >= 15 is 0 Å². The molecule has 0 saturated heterocycles. The Morgan fingerprint density at radius 2 is 2.00 bits per heavy atom. The summed E-state index contributed by atoms with van der Waals surface area (Å²) in [4.78, 5) is 9.18. The molecule has 1 nitrogen and oxygen atoms in total. The highest BCUT2D eigenvalue weighted by atomic mass is 79.9. The Morgan fingerprint density at radius 1 is 2.00 bits per heavy atom. The highest BCUT2D eigenvalue weighted by Gasteiger charge is 1.71. The molecule has 0 atom stereocenters. The smallest absolute Gasteiger partial charge is 0.269 e. The first-order valence-electron chi connectivity index (χ1n) is 0.597. The number of hydrogen-bond acceptors (Lipinski definition) is 1. The van der Waals surface area contributed by atoms with Gasteiger partial charge in [-0.1, -0.05) is 0 Å². The maximum atomic E-state index is 9.18. The van der Waals surface area contributed by atoms with Crippen LogP contribution in [0.3, 0.4) is 0 Å². The number of rotatable bonds is 0. The molecular formula is CBrOS. The number of halogens is 1. The fraction of sp³-hybridized carbons (Fsp3) is 0. The Morgan fingerprint density at radius 3 is 2.00 bits per heavy atom. The minimum Gasteiger partial charge on any atom is -0.269 e. The van der Waals surface area contributed by atoms with Crippen LogP contribution in [0.4, 0.5) is 4.79 Å². The first-order valence-corrected chi connectivity index (χ1v) is 1.80. The molecule has 0 spiro atoms. The van der Waals surface area contributed by atoms with Gasteiger partial charge in [-0.15, -0.1) is 0 Å². The van der Waals surface area contributed by atoms with Gasteiger partial charge in [-0.25, -0.2) is 0 Å². The monoisotopic (exact) mass is 139 g/mol. The zero-order chi connectivity index (χ0) is 3.58. The number of carbonyl (C=O) groups excluding carboxylic acids is 1. The second-order valence-electron chi connectivity index (χ2n) is 0.238. The molecule has 0 saturated carbocycles. The summed E-state index contributed by atoms with van der Waals surface area (Å²) in [7, 11) is 0. The van der Waals surface area contributed by atoms with E-state index in [0.29, 0.717) is 0 Å². The zero-order valence-electron chi connectivity index (χ0n) is 1.69. The molecule has 4 heavy (non-hydrogen) atoms. The van der Waals surface area contributed by atoms with Crippen LogP contribution in [0.25, 0.3) is 0 Å². The van der Waals surface area contributed by atoms with E-state index in [-0.39, 0.29) is 0 Å². The Bertz CT molecular complexity index is 31.0. The van der Waals surface area contributed by atoms with E-state index in [1.807, 2.05) is 0 Å². The standard InChI is InChI=1S/CBrOS/c2-1(3)4. The molecule has 3 heteroatoms. The van der Waals surface area contributed by atoms with Crippen LogP contribution < -0.4 is 0 Å². The fourth-order valence-corrected chi connectivity index (χ4v) is 0. The summed E-state index contributed by atoms with van der Waals surface area (Å²) in [6.45, 7) is 0. The topological polar surface area (TPSA) is 17.1 Å². The molecule has 1 radical (unpaired) electrons.